The molecule has 0 radical (unpaired) electrons. The van der Waals surface area contributed by atoms with E-state index in [4.69, 9.17) is 0 Å². The van der Waals surface area contributed by atoms with E-state index in [0.29, 0.717) is 18.0 Å². The first-order valence-corrected chi connectivity index (χ1v) is 9.24. The first kappa shape index (κ1) is 18.6. The minimum atomic E-state index is -0.0621. The lowest BCUT2D eigenvalue weighted by Crippen LogP contribution is -2.30. The molecule has 1 aromatic heterocycles. The molecule has 1 heterocycles. The Balaban J connectivity index is 1.82. The summed E-state index contributed by atoms with van der Waals surface area (Å²) >= 11 is 0. The van der Waals surface area contributed by atoms with Crippen LogP contribution in [0.4, 0.5) is 11.5 Å². The Morgan fingerprint density at radius 1 is 0.963 bits per heavy atom. The third kappa shape index (κ3) is 5.17. The third-order valence-corrected chi connectivity index (χ3v) is 4.20. The van der Waals surface area contributed by atoms with Crippen molar-refractivity contribution >= 4 is 17.4 Å². The van der Waals surface area contributed by atoms with E-state index in [1.807, 2.05) is 72.8 Å². The lowest BCUT2D eigenvalue weighted by Gasteiger charge is -2.23. The van der Waals surface area contributed by atoms with E-state index in [9.17, 15) is 4.79 Å². The second-order valence-corrected chi connectivity index (χ2v) is 6.92. The highest BCUT2D eigenvalue weighted by molar-refractivity contribution is 6.05. The number of para-hydroxylation sites is 1. The van der Waals surface area contributed by atoms with E-state index in [1.165, 1.54) is 0 Å². The molecule has 1 N–H and O–H groups in total. The van der Waals surface area contributed by atoms with Crippen LogP contribution in [0.3, 0.4) is 0 Å². The molecule has 0 fully saturated rings. The number of pyridine rings is 1. The summed E-state index contributed by atoms with van der Waals surface area (Å²) in [4.78, 5) is 19.4. The van der Waals surface area contributed by atoms with Crippen molar-refractivity contribution in [2.24, 2.45) is 5.92 Å². The van der Waals surface area contributed by atoms with Gasteiger partial charge in [-0.15, -0.1) is 0 Å². The first-order valence-electron chi connectivity index (χ1n) is 9.24. The van der Waals surface area contributed by atoms with Crippen molar-refractivity contribution in [3.63, 3.8) is 0 Å². The van der Waals surface area contributed by atoms with Crippen molar-refractivity contribution in [1.29, 1.82) is 0 Å². The molecule has 3 rings (SSSR count). The van der Waals surface area contributed by atoms with Crippen molar-refractivity contribution in [3.05, 3.63) is 90.1 Å². The van der Waals surface area contributed by atoms with Gasteiger partial charge in [-0.2, -0.15) is 0 Å². The lowest BCUT2D eigenvalue weighted by molar-refractivity contribution is 0.0985. The SMILES string of the molecule is CC(C)CNc1ccc(C(=O)N(Cc2ccccc2)c2ccccc2)cn1. The maximum atomic E-state index is 13.2. The summed E-state index contributed by atoms with van der Waals surface area (Å²) in [5.74, 6) is 1.26. The highest BCUT2D eigenvalue weighted by atomic mass is 16.2. The van der Waals surface area contributed by atoms with Gasteiger partial charge in [-0.05, 0) is 35.7 Å². The fraction of sp³-hybridized carbons (Fsp3) is 0.217. The van der Waals surface area contributed by atoms with Crippen LogP contribution in [-0.4, -0.2) is 17.4 Å². The summed E-state index contributed by atoms with van der Waals surface area (Å²) < 4.78 is 0. The van der Waals surface area contributed by atoms with Gasteiger partial charge in [0.1, 0.15) is 5.82 Å². The molecule has 0 unspecified atom stereocenters. The molecule has 138 valence electrons. The molecule has 0 atom stereocenters. The maximum absolute atomic E-state index is 13.2. The molecule has 0 aliphatic carbocycles. The number of hydrogen-bond donors (Lipinski definition) is 1. The topological polar surface area (TPSA) is 45.2 Å². The Bertz CT molecular complexity index is 846. The highest BCUT2D eigenvalue weighted by Gasteiger charge is 2.18. The van der Waals surface area contributed by atoms with Gasteiger partial charge in [-0.3, -0.25) is 4.79 Å². The summed E-state index contributed by atoms with van der Waals surface area (Å²) in [5, 5.41) is 3.27. The van der Waals surface area contributed by atoms with E-state index in [1.54, 1.807) is 11.1 Å². The molecule has 0 aliphatic heterocycles. The zero-order valence-electron chi connectivity index (χ0n) is 15.8. The number of anilines is 2. The maximum Gasteiger partial charge on any atom is 0.260 e. The summed E-state index contributed by atoms with van der Waals surface area (Å²) in [6.07, 6.45) is 1.64. The second-order valence-electron chi connectivity index (χ2n) is 6.92. The number of amides is 1. The van der Waals surface area contributed by atoms with E-state index < -0.39 is 0 Å². The van der Waals surface area contributed by atoms with Crippen molar-refractivity contribution in [2.75, 3.05) is 16.8 Å². The summed E-state index contributed by atoms with van der Waals surface area (Å²) in [6, 6.07) is 23.4. The number of nitrogens with one attached hydrogen (secondary N) is 1. The van der Waals surface area contributed by atoms with Crippen LogP contribution in [0.15, 0.2) is 79.0 Å². The van der Waals surface area contributed by atoms with Gasteiger partial charge in [-0.25, -0.2) is 4.98 Å². The van der Waals surface area contributed by atoms with E-state index in [2.05, 4.69) is 24.1 Å². The fourth-order valence-electron chi connectivity index (χ4n) is 2.74. The van der Waals surface area contributed by atoms with Gasteiger partial charge in [0.2, 0.25) is 0 Å². The number of nitrogens with zero attached hydrogens (tertiary/aromatic N) is 2. The molecule has 2 aromatic carbocycles. The minimum Gasteiger partial charge on any atom is -0.370 e. The second kappa shape index (κ2) is 8.99. The third-order valence-electron chi connectivity index (χ3n) is 4.20. The van der Waals surface area contributed by atoms with E-state index in [-0.39, 0.29) is 5.91 Å². The summed E-state index contributed by atoms with van der Waals surface area (Å²) in [6.45, 7) is 5.65. The number of carbonyl (C=O) groups is 1. The van der Waals surface area contributed by atoms with Crippen molar-refractivity contribution < 1.29 is 4.79 Å². The molecule has 0 spiro atoms. The molecule has 1 amide bonds. The van der Waals surface area contributed by atoms with Crippen LogP contribution in [0.1, 0.15) is 29.8 Å². The first-order chi connectivity index (χ1) is 13.1. The van der Waals surface area contributed by atoms with Gasteiger partial charge in [-0.1, -0.05) is 62.4 Å². The Hall–Kier alpha value is -3.14. The fourth-order valence-corrected chi connectivity index (χ4v) is 2.74. The highest BCUT2D eigenvalue weighted by Crippen LogP contribution is 2.20. The molecule has 0 aliphatic rings. The number of aromatic nitrogens is 1. The van der Waals surface area contributed by atoms with Crippen molar-refractivity contribution in [1.82, 2.24) is 4.98 Å². The van der Waals surface area contributed by atoms with Crippen molar-refractivity contribution in [3.8, 4) is 0 Å². The number of hydrogen-bond acceptors (Lipinski definition) is 3. The van der Waals surface area contributed by atoms with E-state index >= 15 is 0 Å². The molecule has 27 heavy (non-hydrogen) atoms. The average Bonchev–Trinajstić information content (AvgIpc) is 2.72. The monoisotopic (exact) mass is 359 g/mol. The van der Waals surface area contributed by atoms with Gasteiger partial charge in [0.25, 0.3) is 5.91 Å². The standard InChI is InChI=1S/C23H25N3O/c1-18(2)15-24-22-14-13-20(16-25-22)23(27)26(21-11-7-4-8-12-21)17-19-9-5-3-6-10-19/h3-14,16,18H,15,17H2,1-2H3,(H,24,25). The number of carbonyl (C=O) groups excluding carboxylic acids is 1. The van der Waals surface area contributed by atoms with Crippen molar-refractivity contribution in [2.45, 2.75) is 20.4 Å². The zero-order chi connectivity index (χ0) is 19.1. The van der Waals surface area contributed by atoms with Gasteiger partial charge < -0.3 is 10.2 Å². The van der Waals surface area contributed by atoms with Gasteiger partial charge in [0.15, 0.2) is 0 Å². The van der Waals surface area contributed by atoms with Crippen LogP contribution in [0, 0.1) is 5.92 Å². The lowest BCUT2D eigenvalue weighted by atomic mass is 10.1. The molecular weight excluding hydrogens is 334 g/mol. The molecule has 0 bridgehead atoms. The summed E-state index contributed by atoms with van der Waals surface area (Å²) in [5.41, 5.74) is 2.52. The Morgan fingerprint density at radius 3 is 2.22 bits per heavy atom. The van der Waals surface area contributed by atoms with Crippen LogP contribution in [0.5, 0.6) is 0 Å². The normalized spacial score (nSPS) is 10.6. The van der Waals surface area contributed by atoms with Crippen LogP contribution >= 0.6 is 0 Å². The molecule has 0 saturated heterocycles. The molecular formula is C23H25N3O. The smallest absolute Gasteiger partial charge is 0.260 e. The molecule has 0 saturated carbocycles. The predicted octanol–water partition coefficient (Wildman–Crippen LogP) is 5.00. The van der Waals surface area contributed by atoms with Crippen LogP contribution in [-0.2, 0) is 6.54 Å². The summed E-state index contributed by atoms with van der Waals surface area (Å²) in [7, 11) is 0. The largest absolute Gasteiger partial charge is 0.370 e. The quantitative estimate of drug-likeness (QED) is 0.646. The molecule has 3 aromatic rings. The zero-order valence-corrected chi connectivity index (χ0v) is 15.8. The van der Waals surface area contributed by atoms with Crippen LogP contribution in [0.25, 0.3) is 0 Å². The average molecular weight is 359 g/mol. The number of benzene rings is 2. The Kier molecular flexibility index (Phi) is 6.21. The molecule has 4 nitrogen and oxygen atoms in total. The molecule has 4 heteroatoms. The Morgan fingerprint density at radius 2 is 1.63 bits per heavy atom. The predicted molar refractivity (Wildman–Crippen MR) is 111 cm³/mol. The van der Waals surface area contributed by atoms with Gasteiger partial charge >= 0.3 is 0 Å². The number of rotatable bonds is 7. The van der Waals surface area contributed by atoms with Crippen LogP contribution in [0.2, 0.25) is 0 Å². The van der Waals surface area contributed by atoms with E-state index in [0.717, 1.165) is 23.6 Å². The van der Waals surface area contributed by atoms with Gasteiger partial charge in [0, 0.05) is 18.4 Å². The van der Waals surface area contributed by atoms with Crippen LogP contribution < -0.4 is 10.2 Å². The Labute approximate surface area is 160 Å². The van der Waals surface area contributed by atoms with Gasteiger partial charge in [0.05, 0.1) is 12.1 Å². The minimum absolute atomic E-state index is 0.0621.